The van der Waals surface area contributed by atoms with Gasteiger partial charge in [-0.25, -0.2) is 4.79 Å². The van der Waals surface area contributed by atoms with E-state index in [1.165, 1.54) is 4.90 Å². The average Bonchev–Trinajstić information content (AvgIpc) is 3.05. The molecule has 1 aliphatic heterocycles. The van der Waals surface area contributed by atoms with Gasteiger partial charge >= 0.3 is 5.97 Å². The fourth-order valence-corrected chi connectivity index (χ4v) is 3.44. The summed E-state index contributed by atoms with van der Waals surface area (Å²) in [6.45, 7) is 4.27. The van der Waals surface area contributed by atoms with E-state index in [-0.39, 0.29) is 18.4 Å². The number of benzene rings is 1. The Morgan fingerprint density at radius 1 is 1.38 bits per heavy atom. The molecule has 1 aromatic carbocycles. The number of aryl methyl sites for hydroxylation is 2. The summed E-state index contributed by atoms with van der Waals surface area (Å²) in [7, 11) is 0. The second-order valence-corrected chi connectivity index (χ2v) is 5.97. The van der Waals surface area contributed by atoms with Crippen molar-refractivity contribution >= 4 is 11.9 Å². The van der Waals surface area contributed by atoms with Gasteiger partial charge in [0, 0.05) is 6.54 Å². The van der Waals surface area contributed by atoms with Gasteiger partial charge in [0.25, 0.3) is 5.91 Å². The molecule has 21 heavy (non-hydrogen) atoms. The molecule has 0 bridgehead atoms. The van der Waals surface area contributed by atoms with E-state index < -0.39 is 11.5 Å². The van der Waals surface area contributed by atoms with Gasteiger partial charge in [-0.15, -0.1) is 0 Å². The lowest BCUT2D eigenvalue weighted by molar-refractivity contribution is -0.152. The van der Waals surface area contributed by atoms with Gasteiger partial charge in [-0.3, -0.25) is 4.79 Å². The van der Waals surface area contributed by atoms with Crippen LogP contribution in [0.4, 0.5) is 0 Å². The average molecular weight is 289 g/mol. The number of hydrogen-bond donors (Lipinski definition) is 1. The number of hydrogen-bond acceptors (Lipinski definition) is 3. The standard InChI is InChI=1S/C16H19NO4/c1-10-4-3-5-11(2)14(10)21-9-13(18)17-7-6-12-8-16(12,17)15(19)20/h3-5,12H,6-9H2,1-2H3,(H,19,20)/t12-,16+/m1/s1. The lowest BCUT2D eigenvalue weighted by Gasteiger charge is -2.25. The highest BCUT2D eigenvalue weighted by atomic mass is 16.5. The van der Waals surface area contributed by atoms with Gasteiger partial charge < -0.3 is 14.7 Å². The van der Waals surface area contributed by atoms with E-state index in [0.717, 1.165) is 17.5 Å². The highest BCUT2D eigenvalue weighted by Crippen LogP contribution is 2.55. The van der Waals surface area contributed by atoms with Gasteiger partial charge in [0.15, 0.2) is 6.61 Å². The van der Waals surface area contributed by atoms with E-state index in [1.54, 1.807) is 0 Å². The molecule has 0 spiro atoms. The molecule has 2 fully saturated rings. The molecule has 0 aromatic heterocycles. The molecule has 1 heterocycles. The van der Waals surface area contributed by atoms with Crippen LogP contribution in [0.1, 0.15) is 24.0 Å². The Balaban J connectivity index is 1.69. The zero-order valence-electron chi connectivity index (χ0n) is 12.3. The first kappa shape index (κ1) is 13.9. The van der Waals surface area contributed by atoms with E-state index in [1.807, 2.05) is 32.0 Å². The Morgan fingerprint density at radius 3 is 2.62 bits per heavy atom. The largest absolute Gasteiger partial charge is 0.483 e. The lowest BCUT2D eigenvalue weighted by atomic mass is 10.1. The van der Waals surface area contributed by atoms with Crippen molar-refractivity contribution in [3.63, 3.8) is 0 Å². The number of carbonyl (C=O) groups is 2. The predicted molar refractivity (Wildman–Crippen MR) is 76.2 cm³/mol. The van der Waals surface area contributed by atoms with Crippen molar-refractivity contribution in [1.82, 2.24) is 4.90 Å². The quantitative estimate of drug-likeness (QED) is 0.917. The maximum Gasteiger partial charge on any atom is 0.329 e. The van der Waals surface area contributed by atoms with Gasteiger partial charge in [0.1, 0.15) is 11.3 Å². The first-order chi connectivity index (χ1) is 9.96. The predicted octanol–water partition coefficient (Wildman–Crippen LogP) is 1.76. The first-order valence-electron chi connectivity index (χ1n) is 7.19. The molecule has 1 saturated carbocycles. The number of carboxylic acids is 1. The maximum atomic E-state index is 12.3. The van der Waals surface area contributed by atoms with E-state index in [9.17, 15) is 14.7 Å². The molecule has 3 rings (SSSR count). The van der Waals surface area contributed by atoms with Gasteiger partial charge in [0.05, 0.1) is 0 Å². The Bertz CT molecular complexity index is 592. The minimum atomic E-state index is -0.943. The monoisotopic (exact) mass is 289 g/mol. The molecule has 1 aromatic rings. The number of nitrogens with zero attached hydrogens (tertiary/aromatic N) is 1. The fourth-order valence-electron chi connectivity index (χ4n) is 3.44. The second kappa shape index (κ2) is 4.76. The van der Waals surface area contributed by atoms with Crippen LogP contribution in [0.3, 0.4) is 0 Å². The topological polar surface area (TPSA) is 66.8 Å². The number of fused-ring (bicyclic) bond motifs is 1. The van der Waals surface area contributed by atoms with E-state index in [0.29, 0.717) is 18.7 Å². The van der Waals surface area contributed by atoms with Crippen LogP contribution in [0.2, 0.25) is 0 Å². The van der Waals surface area contributed by atoms with Crippen molar-refractivity contribution in [2.75, 3.05) is 13.2 Å². The molecule has 112 valence electrons. The SMILES string of the molecule is Cc1cccc(C)c1OCC(=O)N1CC[C@@H]2C[C@@]21C(=O)O. The third-order valence-corrected chi connectivity index (χ3v) is 4.68. The molecule has 5 nitrogen and oxygen atoms in total. The molecule has 1 amide bonds. The van der Waals surface area contributed by atoms with Gasteiger partial charge in [-0.05, 0) is 43.7 Å². The normalized spacial score (nSPS) is 26.4. The van der Waals surface area contributed by atoms with E-state index in [2.05, 4.69) is 0 Å². The summed E-state index contributed by atoms with van der Waals surface area (Å²) in [5, 5.41) is 9.37. The third kappa shape index (κ3) is 2.07. The summed E-state index contributed by atoms with van der Waals surface area (Å²) in [6.07, 6.45) is 1.36. The van der Waals surface area contributed by atoms with Gasteiger partial charge in [-0.2, -0.15) is 0 Å². The van der Waals surface area contributed by atoms with Crippen molar-refractivity contribution in [2.45, 2.75) is 32.2 Å². The maximum absolute atomic E-state index is 12.3. The Morgan fingerprint density at radius 2 is 2.05 bits per heavy atom. The second-order valence-electron chi connectivity index (χ2n) is 5.97. The van der Waals surface area contributed by atoms with Crippen LogP contribution in [0, 0.1) is 19.8 Å². The van der Waals surface area contributed by atoms with E-state index >= 15 is 0 Å². The van der Waals surface area contributed by atoms with Gasteiger partial charge in [0.2, 0.25) is 0 Å². The number of amides is 1. The minimum absolute atomic E-state index is 0.104. The molecule has 2 atom stereocenters. The number of likely N-dealkylation sites (tertiary alicyclic amines) is 1. The van der Waals surface area contributed by atoms with Crippen molar-refractivity contribution in [3.8, 4) is 5.75 Å². The molecule has 1 N–H and O–H groups in total. The molecule has 1 saturated heterocycles. The number of ether oxygens (including phenoxy) is 1. The summed E-state index contributed by atoms with van der Waals surface area (Å²) in [6, 6.07) is 5.80. The Labute approximate surface area is 123 Å². The summed E-state index contributed by atoms with van der Waals surface area (Å²) in [4.78, 5) is 25.2. The highest BCUT2D eigenvalue weighted by molar-refractivity contribution is 5.91. The zero-order chi connectivity index (χ0) is 15.2. The molecule has 2 aliphatic rings. The van der Waals surface area contributed by atoms with Crippen LogP contribution in [-0.4, -0.2) is 40.6 Å². The van der Waals surface area contributed by atoms with Crippen molar-refractivity contribution < 1.29 is 19.4 Å². The Kier molecular flexibility index (Phi) is 3.15. The molecular formula is C16H19NO4. The summed E-state index contributed by atoms with van der Waals surface area (Å²) < 4.78 is 5.65. The number of piperidine rings is 1. The van der Waals surface area contributed by atoms with Crippen LogP contribution in [0.15, 0.2) is 18.2 Å². The Hall–Kier alpha value is -2.04. The van der Waals surface area contributed by atoms with Crippen molar-refractivity contribution in [3.05, 3.63) is 29.3 Å². The van der Waals surface area contributed by atoms with Crippen LogP contribution in [-0.2, 0) is 9.59 Å². The molecule has 1 aliphatic carbocycles. The number of carboxylic acid groups (broad SMARTS) is 1. The van der Waals surface area contributed by atoms with Crippen LogP contribution >= 0.6 is 0 Å². The van der Waals surface area contributed by atoms with E-state index in [4.69, 9.17) is 4.74 Å². The fraction of sp³-hybridized carbons (Fsp3) is 0.500. The molecule has 0 radical (unpaired) electrons. The van der Waals surface area contributed by atoms with Crippen molar-refractivity contribution in [1.29, 1.82) is 0 Å². The number of carbonyl (C=O) groups excluding carboxylic acids is 1. The van der Waals surface area contributed by atoms with Crippen LogP contribution < -0.4 is 4.74 Å². The first-order valence-corrected chi connectivity index (χ1v) is 7.19. The van der Waals surface area contributed by atoms with Crippen LogP contribution in [0.25, 0.3) is 0 Å². The zero-order valence-corrected chi connectivity index (χ0v) is 12.3. The minimum Gasteiger partial charge on any atom is -0.483 e. The lowest BCUT2D eigenvalue weighted by Crippen LogP contribution is -2.47. The molecular weight excluding hydrogens is 270 g/mol. The van der Waals surface area contributed by atoms with Crippen LogP contribution in [0.5, 0.6) is 5.75 Å². The number of aliphatic carboxylic acids is 1. The van der Waals surface area contributed by atoms with Crippen molar-refractivity contribution in [2.24, 2.45) is 5.92 Å². The summed E-state index contributed by atoms with van der Waals surface area (Å²) in [5.74, 6) is -0.286. The number of rotatable bonds is 4. The summed E-state index contributed by atoms with van der Waals surface area (Å²) >= 11 is 0. The smallest absolute Gasteiger partial charge is 0.329 e. The molecule has 5 heteroatoms. The highest BCUT2D eigenvalue weighted by Gasteiger charge is 2.68. The summed E-state index contributed by atoms with van der Waals surface area (Å²) in [5.41, 5.74) is 1.00. The number of para-hydroxylation sites is 1. The molecule has 0 unspecified atom stereocenters. The van der Waals surface area contributed by atoms with Gasteiger partial charge in [-0.1, -0.05) is 18.2 Å². The third-order valence-electron chi connectivity index (χ3n) is 4.68.